The zero-order valence-electron chi connectivity index (χ0n) is 12.0. The lowest BCUT2D eigenvalue weighted by molar-refractivity contribution is 0.0713. The Kier molecular flexibility index (Phi) is 2.77. The predicted octanol–water partition coefficient (Wildman–Crippen LogP) is 2.82. The van der Waals surface area contributed by atoms with Gasteiger partial charge >= 0.3 is 0 Å². The lowest BCUT2D eigenvalue weighted by atomic mass is 9.78. The number of nitrogens with zero attached hydrogens (tertiary/aromatic N) is 3. The van der Waals surface area contributed by atoms with Crippen LogP contribution in [-0.2, 0) is 17.6 Å². The van der Waals surface area contributed by atoms with E-state index in [2.05, 4.69) is 33.2 Å². The van der Waals surface area contributed by atoms with Gasteiger partial charge in [0.15, 0.2) is 5.90 Å². The Labute approximate surface area is 123 Å². The molecule has 2 aliphatic rings. The van der Waals surface area contributed by atoms with Gasteiger partial charge in [0.1, 0.15) is 11.9 Å². The second-order valence-electron chi connectivity index (χ2n) is 5.87. The molecule has 2 heterocycles. The van der Waals surface area contributed by atoms with Crippen LogP contribution in [0.4, 0.5) is 0 Å². The maximum absolute atomic E-state index is 6.02. The molecule has 0 saturated heterocycles. The summed E-state index contributed by atoms with van der Waals surface area (Å²) in [5.74, 6) is 0.825. The van der Waals surface area contributed by atoms with Crippen LogP contribution >= 0.6 is 0 Å². The maximum Gasteiger partial charge on any atom is 0.180 e. The fraction of sp³-hybridized carbons (Fsp3) is 0.353. The van der Waals surface area contributed by atoms with Crippen molar-refractivity contribution in [2.75, 3.05) is 6.54 Å². The van der Waals surface area contributed by atoms with Crippen LogP contribution in [0.15, 0.2) is 41.9 Å². The van der Waals surface area contributed by atoms with Gasteiger partial charge in [0.25, 0.3) is 0 Å². The molecule has 1 aromatic heterocycles. The Balaban J connectivity index is 1.72. The van der Waals surface area contributed by atoms with E-state index in [9.17, 15) is 0 Å². The molecule has 0 fully saturated rings. The highest BCUT2D eigenvalue weighted by Gasteiger charge is 2.40. The summed E-state index contributed by atoms with van der Waals surface area (Å²) >= 11 is 0. The minimum absolute atomic E-state index is 0.108. The molecule has 0 saturated carbocycles. The highest BCUT2D eigenvalue weighted by molar-refractivity contribution is 5.76. The molecule has 106 valence electrons. The molecule has 21 heavy (non-hydrogen) atoms. The van der Waals surface area contributed by atoms with Crippen LogP contribution in [-0.4, -0.2) is 28.0 Å². The molecule has 1 aromatic carbocycles. The van der Waals surface area contributed by atoms with Crippen LogP contribution < -0.4 is 0 Å². The maximum atomic E-state index is 6.02. The topological polar surface area (TPSA) is 47.4 Å². The molecule has 0 radical (unpaired) electrons. The van der Waals surface area contributed by atoms with Crippen molar-refractivity contribution in [1.82, 2.24) is 9.97 Å². The van der Waals surface area contributed by atoms with Gasteiger partial charge in [0, 0.05) is 31.3 Å². The van der Waals surface area contributed by atoms with Crippen molar-refractivity contribution in [1.29, 1.82) is 0 Å². The number of benzene rings is 1. The predicted molar refractivity (Wildman–Crippen MR) is 81.3 cm³/mol. The average Bonchev–Trinajstić information content (AvgIpc) is 2.88. The van der Waals surface area contributed by atoms with Crippen molar-refractivity contribution in [3.63, 3.8) is 0 Å². The van der Waals surface area contributed by atoms with Gasteiger partial charge in [-0.1, -0.05) is 18.2 Å². The third kappa shape index (κ3) is 2.11. The number of ether oxygens (including phenoxy) is 1. The van der Waals surface area contributed by atoms with Crippen molar-refractivity contribution in [2.45, 2.75) is 31.8 Å². The average molecular weight is 279 g/mol. The standard InChI is InChI=1S/C17H17N3O/c1-12-20-10-17(21-12)6-5-16-13(7-17)3-2-4-15(16)14-8-18-11-19-9-14/h2-4,8-9,11H,5-7,10H2,1H3. The summed E-state index contributed by atoms with van der Waals surface area (Å²) in [6.45, 7) is 2.74. The molecular formula is C17H17N3O. The first-order chi connectivity index (χ1) is 10.3. The van der Waals surface area contributed by atoms with Gasteiger partial charge in [-0.05, 0) is 29.5 Å². The molecule has 0 amide bonds. The SMILES string of the molecule is CC1=NCC2(CCc3c(cccc3-c3cncnc3)C2)O1. The fourth-order valence-electron chi connectivity index (χ4n) is 3.45. The Morgan fingerprint density at radius 1 is 1.19 bits per heavy atom. The van der Waals surface area contributed by atoms with Crippen LogP contribution in [0.3, 0.4) is 0 Å². The molecule has 0 N–H and O–H groups in total. The van der Waals surface area contributed by atoms with Crippen LogP contribution in [0.2, 0.25) is 0 Å². The summed E-state index contributed by atoms with van der Waals surface area (Å²) in [5.41, 5.74) is 5.00. The van der Waals surface area contributed by atoms with Crippen molar-refractivity contribution < 1.29 is 4.74 Å². The number of aliphatic imine (C=N–C) groups is 1. The summed E-state index contributed by atoms with van der Waals surface area (Å²) in [6.07, 6.45) is 8.30. The lowest BCUT2D eigenvalue weighted by Gasteiger charge is -2.34. The Bertz CT molecular complexity index is 711. The number of hydrogen-bond donors (Lipinski definition) is 0. The summed E-state index contributed by atoms with van der Waals surface area (Å²) in [7, 11) is 0. The van der Waals surface area contributed by atoms with E-state index in [0.29, 0.717) is 0 Å². The molecule has 1 atom stereocenters. The quantitative estimate of drug-likeness (QED) is 0.806. The van der Waals surface area contributed by atoms with Gasteiger partial charge in [0.2, 0.25) is 0 Å². The van der Waals surface area contributed by atoms with E-state index in [1.165, 1.54) is 16.7 Å². The molecule has 1 aliphatic heterocycles. The van der Waals surface area contributed by atoms with Crippen LogP contribution in [0.1, 0.15) is 24.5 Å². The molecular weight excluding hydrogens is 262 g/mol. The fourth-order valence-corrected chi connectivity index (χ4v) is 3.45. The lowest BCUT2D eigenvalue weighted by Crippen LogP contribution is -2.39. The number of fused-ring (bicyclic) bond motifs is 1. The summed E-state index contributed by atoms with van der Waals surface area (Å²) in [5, 5.41) is 0. The van der Waals surface area contributed by atoms with Gasteiger partial charge in [-0.15, -0.1) is 0 Å². The Hall–Kier alpha value is -2.23. The number of hydrogen-bond acceptors (Lipinski definition) is 4. The first-order valence-corrected chi connectivity index (χ1v) is 7.32. The van der Waals surface area contributed by atoms with Crippen molar-refractivity contribution >= 4 is 5.90 Å². The van der Waals surface area contributed by atoms with Gasteiger partial charge in [0.05, 0.1) is 6.54 Å². The van der Waals surface area contributed by atoms with E-state index >= 15 is 0 Å². The monoisotopic (exact) mass is 279 g/mol. The third-order valence-electron chi connectivity index (χ3n) is 4.44. The first-order valence-electron chi connectivity index (χ1n) is 7.32. The highest BCUT2D eigenvalue weighted by Crippen LogP contribution is 2.38. The van der Waals surface area contributed by atoms with Crippen molar-refractivity contribution in [3.8, 4) is 11.1 Å². The molecule has 4 nitrogen and oxygen atoms in total. The van der Waals surface area contributed by atoms with Gasteiger partial charge in [-0.25, -0.2) is 9.97 Å². The van der Waals surface area contributed by atoms with Crippen LogP contribution in [0.25, 0.3) is 11.1 Å². The van der Waals surface area contributed by atoms with Crippen molar-refractivity contribution in [3.05, 3.63) is 48.0 Å². The normalized spacial score (nSPS) is 23.6. The molecule has 0 bridgehead atoms. The molecule has 4 rings (SSSR count). The van der Waals surface area contributed by atoms with Gasteiger partial charge in [-0.2, -0.15) is 0 Å². The van der Waals surface area contributed by atoms with E-state index < -0.39 is 0 Å². The zero-order chi connectivity index (χ0) is 14.3. The molecule has 2 aromatic rings. The molecule has 1 aliphatic carbocycles. The minimum atomic E-state index is -0.108. The highest BCUT2D eigenvalue weighted by atomic mass is 16.5. The van der Waals surface area contributed by atoms with E-state index in [1.807, 2.05) is 19.3 Å². The van der Waals surface area contributed by atoms with E-state index in [-0.39, 0.29) is 5.60 Å². The Morgan fingerprint density at radius 2 is 2.05 bits per heavy atom. The zero-order valence-corrected chi connectivity index (χ0v) is 12.0. The molecule has 1 spiro atoms. The summed E-state index contributed by atoms with van der Waals surface area (Å²) < 4.78 is 6.02. The number of aromatic nitrogens is 2. The molecule has 1 unspecified atom stereocenters. The third-order valence-corrected chi connectivity index (χ3v) is 4.44. The van der Waals surface area contributed by atoms with E-state index in [0.717, 1.165) is 37.3 Å². The second kappa shape index (κ2) is 4.65. The van der Waals surface area contributed by atoms with E-state index in [1.54, 1.807) is 6.33 Å². The van der Waals surface area contributed by atoms with Crippen LogP contribution in [0, 0.1) is 0 Å². The van der Waals surface area contributed by atoms with Crippen LogP contribution in [0.5, 0.6) is 0 Å². The van der Waals surface area contributed by atoms with Gasteiger partial charge in [-0.3, -0.25) is 4.99 Å². The first kappa shape index (κ1) is 12.5. The Morgan fingerprint density at radius 3 is 2.81 bits per heavy atom. The minimum Gasteiger partial charge on any atom is -0.472 e. The second-order valence-corrected chi connectivity index (χ2v) is 5.87. The number of rotatable bonds is 1. The van der Waals surface area contributed by atoms with E-state index in [4.69, 9.17) is 4.74 Å². The largest absolute Gasteiger partial charge is 0.472 e. The van der Waals surface area contributed by atoms with Crippen molar-refractivity contribution in [2.24, 2.45) is 4.99 Å². The smallest absolute Gasteiger partial charge is 0.180 e. The summed E-state index contributed by atoms with van der Waals surface area (Å²) in [6, 6.07) is 6.48. The van der Waals surface area contributed by atoms with Gasteiger partial charge < -0.3 is 4.74 Å². The molecule has 4 heteroatoms. The summed E-state index contributed by atoms with van der Waals surface area (Å²) in [4.78, 5) is 12.7.